The second-order valence-corrected chi connectivity index (χ2v) is 7.36. The van der Waals surface area contributed by atoms with E-state index in [4.69, 9.17) is 15.0 Å². The van der Waals surface area contributed by atoms with Crippen LogP contribution in [0.3, 0.4) is 0 Å². The number of esters is 2. The first kappa shape index (κ1) is 24.7. The smallest absolute Gasteiger partial charge is 0.346 e. The van der Waals surface area contributed by atoms with Crippen molar-refractivity contribution < 1.29 is 28.8 Å². The highest BCUT2D eigenvalue weighted by molar-refractivity contribution is 6.24. The molecule has 9 heteroatoms. The molecule has 2 rings (SSSR count). The van der Waals surface area contributed by atoms with E-state index in [1.807, 2.05) is 0 Å². The Hall–Kier alpha value is -3.58. The average molecular weight is 441 g/mol. The fourth-order valence-electron chi connectivity index (χ4n) is 3.16. The van der Waals surface area contributed by atoms with Gasteiger partial charge in [-0.1, -0.05) is 44.6 Å². The zero-order valence-electron chi connectivity index (χ0n) is 17.9. The fourth-order valence-corrected chi connectivity index (χ4v) is 3.16. The molecular weight excluding hydrogens is 414 g/mol. The standard InChI is InChI=1S/C23H27N3O6/c24-25-21-11-9-10-20(21)23(28)31-17-8-6-4-2-1-3-5-7-12-22(27)32-19-15-13-18(14-16-19)26(29)30/h9-11,13-16H,1-8,12,17H2. The monoisotopic (exact) mass is 441 g/mol. The van der Waals surface area contributed by atoms with Gasteiger partial charge in [0.25, 0.3) is 5.69 Å². The normalized spacial score (nSPS) is 12.2. The Morgan fingerprint density at radius 3 is 2.22 bits per heavy atom. The molecule has 170 valence electrons. The first-order valence-corrected chi connectivity index (χ1v) is 10.7. The van der Waals surface area contributed by atoms with Gasteiger partial charge in [-0.15, -0.1) is 0 Å². The van der Waals surface area contributed by atoms with Crippen molar-refractivity contribution in [1.29, 1.82) is 0 Å². The van der Waals surface area contributed by atoms with E-state index in [-0.39, 0.29) is 22.9 Å². The molecule has 9 nitrogen and oxygen atoms in total. The van der Waals surface area contributed by atoms with Gasteiger partial charge < -0.3 is 15.0 Å². The van der Waals surface area contributed by atoms with Crippen molar-refractivity contribution in [2.24, 2.45) is 0 Å². The minimum Gasteiger partial charge on any atom is -0.462 e. The quantitative estimate of drug-likeness (QED) is 0.0780. The summed E-state index contributed by atoms with van der Waals surface area (Å²) in [5.74, 6) is -0.505. The van der Waals surface area contributed by atoms with Gasteiger partial charge in [-0.3, -0.25) is 14.9 Å². The predicted molar refractivity (Wildman–Crippen MR) is 117 cm³/mol. The number of non-ortho nitro benzene ring substituents is 1. The van der Waals surface area contributed by atoms with Crippen LogP contribution in [0.4, 0.5) is 5.69 Å². The summed E-state index contributed by atoms with van der Waals surface area (Å²) in [6, 6.07) is 5.44. The van der Waals surface area contributed by atoms with E-state index in [1.165, 1.54) is 24.3 Å². The van der Waals surface area contributed by atoms with Crippen LogP contribution >= 0.6 is 0 Å². The highest BCUT2D eigenvalue weighted by atomic mass is 16.6. The van der Waals surface area contributed by atoms with Crippen molar-refractivity contribution in [1.82, 2.24) is 0 Å². The first-order chi connectivity index (χ1) is 15.5. The van der Waals surface area contributed by atoms with Gasteiger partial charge in [0.05, 0.1) is 11.5 Å². The Labute approximate surface area is 186 Å². The molecule has 0 aromatic heterocycles. The van der Waals surface area contributed by atoms with Crippen LogP contribution in [0.25, 0.3) is 5.53 Å². The Morgan fingerprint density at radius 1 is 0.969 bits per heavy atom. The molecule has 0 bridgehead atoms. The molecule has 0 heterocycles. The molecule has 0 amide bonds. The van der Waals surface area contributed by atoms with E-state index in [0.717, 1.165) is 51.4 Å². The molecule has 0 atom stereocenters. The average Bonchev–Trinajstić information content (AvgIpc) is 3.26. The Bertz CT molecular complexity index is 914. The second kappa shape index (κ2) is 13.7. The summed E-state index contributed by atoms with van der Waals surface area (Å²) in [5, 5.41) is 10.6. The molecule has 1 aromatic rings. The van der Waals surface area contributed by atoms with E-state index in [2.05, 4.69) is 4.79 Å². The number of hydrogen-bond acceptors (Lipinski definition) is 6. The predicted octanol–water partition coefficient (Wildman–Crippen LogP) is 4.72. The number of nitro benzene ring substituents is 1. The lowest BCUT2D eigenvalue weighted by Crippen LogP contribution is -2.14. The molecule has 0 radical (unpaired) electrons. The van der Waals surface area contributed by atoms with Crippen molar-refractivity contribution >= 4 is 23.3 Å². The number of unbranched alkanes of at least 4 members (excludes halogenated alkanes) is 7. The molecule has 0 saturated heterocycles. The first-order valence-electron chi connectivity index (χ1n) is 10.7. The van der Waals surface area contributed by atoms with Crippen LogP contribution < -0.4 is 4.74 Å². The van der Waals surface area contributed by atoms with E-state index >= 15 is 0 Å². The molecule has 1 aromatic carbocycles. The van der Waals surface area contributed by atoms with Gasteiger partial charge in [-0.25, -0.2) is 4.79 Å². The van der Waals surface area contributed by atoms with Crippen LogP contribution in [-0.4, -0.2) is 34.0 Å². The maximum absolute atomic E-state index is 11.9. The fraction of sp³-hybridized carbons (Fsp3) is 0.435. The van der Waals surface area contributed by atoms with Crippen molar-refractivity contribution in [2.75, 3.05) is 6.61 Å². The highest BCUT2D eigenvalue weighted by Crippen LogP contribution is 2.18. The largest absolute Gasteiger partial charge is 0.462 e. The third kappa shape index (κ3) is 8.65. The molecule has 0 aliphatic heterocycles. The number of benzene rings is 1. The van der Waals surface area contributed by atoms with Crippen molar-refractivity contribution in [3.8, 4) is 5.75 Å². The summed E-state index contributed by atoms with van der Waals surface area (Å²) in [6.45, 7) is 0.339. The molecule has 0 saturated carbocycles. The SMILES string of the molecule is [N-]=[N+]=C1C=CC=C1C(=O)OCCCCCCCCCCC(=O)Oc1ccc([N+](=O)[O-])cc1. The van der Waals surface area contributed by atoms with Crippen LogP contribution in [-0.2, 0) is 14.3 Å². The van der Waals surface area contributed by atoms with Crippen LogP contribution in [0.2, 0.25) is 0 Å². The number of rotatable bonds is 14. The zero-order chi connectivity index (χ0) is 23.2. The number of nitro groups is 1. The summed E-state index contributed by atoms with van der Waals surface area (Å²) in [5.41, 5.74) is 9.23. The minimum atomic E-state index is -0.503. The van der Waals surface area contributed by atoms with Gasteiger partial charge in [-0.2, -0.15) is 4.79 Å². The topological polar surface area (TPSA) is 132 Å². The molecule has 0 spiro atoms. The van der Waals surface area contributed by atoms with Crippen molar-refractivity contribution in [3.63, 3.8) is 0 Å². The van der Waals surface area contributed by atoms with Gasteiger partial charge in [-0.05, 0) is 31.1 Å². The molecule has 1 aliphatic rings. The van der Waals surface area contributed by atoms with E-state index in [9.17, 15) is 19.7 Å². The number of ether oxygens (including phenoxy) is 2. The second-order valence-electron chi connectivity index (χ2n) is 7.36. The van der Waals surface area contributed by atoms with Gasteiger partial charge in [0.2, 0.25) is 0 Å². The van der Waals surface area contributed by atoms with E-state index in [0.29, 0.717) is 18.8 Å². The molecule has 0 N–H and O–H groups in total. The summed E-state index contributed by atoms with van der Waals surface area (Å²) < 4.78 is 10.4. The third-order valence-corrected chi connectivity index (χ3v) is 4.91. The van der Waals surface area contributed by atoms with Crippen LogP contribution in [0.5, 0.6) is 5.75 Å². The molecule has 1 aliphatic carbocycles. The van der Waals surface area contributed by atoms with E-state index in [1.54, 1.807) is 18.2 Å². The number of carbonyl (C=O) groups is 2. The van der Waals surface area contributed by atoms with E-state index < -0.39 is 10.9 Å². The van der Waals surface area contributed by atoms with Crippen LogP contribution in [0.1, 0.15) is 57.8 Å². The Kier molecular flexibility index (Phi) is 10.5. The maximum atomic E-state index is 11.9. The zero-order valence-corrected chi connectivity index (χ0v) is 17.9. The molecule has 0 fully saturated rings. The molecule has 32 heavy (non-hydrogen) atoms. The lowest BCUT2D eigenvalue weighted by molar-refractivity contribution is -0.384. The van der Waals surface area contributed by atoms with Crippen molar-refractivity contribution in [2.45, 2.75) is 57.8 Å². The lowest BCUT2D eigenvalue weighted by Gasteiger charge is -2.05. The Balaban J connectivity index is 1.42. The summed E-state index contributed by atoms with van der Waals surface area (Å²) in [6.07, 6.45) is 12.7. The van der Waals surface area contributed by atoms with Crippen molar-refractivity contribution in [3.05, 3.63) is 63.7 Å². The summed E-state index contributed by atoms with van der Waals surface area (Å²) >= 11 is 0. The van der Waals surface area contributed by atoms with Gasteiger partial charge in [0.15, 0.2) is 0 Å². The molecular formula is C23H27N3O6. The Morgan fingerprint density at radius 2 is 1.59 bits per heavy atom. The lowest BCUT2D eigenvalue weighted by atomic mass is 10.1. The number of hydrogen-bond donors (Lipinski definition) is 0. The minimum absolute atomic E-state index is 0.0447. The number of carbonyl (C=O) groups excluding carboxylic acids is 2. The number of allylic oxidation sites excluding steroid dienone is 3. The van der Waals surface area contributed by atoms with Gasteiger partial charge in [0, 0.05) is 24.6 Å². The van der Waals surface area contributed by atoms with Crippen LogP contribution in [0, 0.1) is 10.1 Å². The van der Waals surface area contributed by atoms with Crippen LogP contribution in [0.15, 0.2) is 48.1 Å². The van der Waals surface area contributed by atoms with Gasteiger partial charge >= 0.3 is 17.7 Å². The molecule has 0 unspecified atom stereocenters. The van der Waals surface area contributed by atoms with Gasteiger partial charge in [0.1, 0.15) is 11.3 Å². The third-order valence-electron chi connectivity index (χ3n) is 4.91. The number of nitrogens with zero attached hydrogens (tertiary/aromatic N) is 3. The maximum Gasteiger partial charge on any atom is 0.346 e. The summed E-state index contributed by atoms with van der Waals surface area (Å²) in [4.78, 5) is 36.8. The highest BCUT2D eigenvalue weighted by Gasteiger charge is 2.24. The summed E-state index contributed by atoms with van der Waals surface area (Å²) in [7, 11) is 0.